The second-order valence-electron chi connectivity index (χ2n) is 7.12. The first-order chi connectivity index (χ1) is 12.8. The molecule has 1 fully saturated rings. The lowest BCUT2D eigenvalue weighted by Crippen LogP contribution is -2.46. The zero-order valence-corrected chi connectivity index (χ0v) is 18.2. The van der Waals surface area contributed by atoms with Crippen LogP contribution in [0.4, 0.5) is 0 Å². The van der Waals surface area contributed by atoms with Gasteiger partial charge in [-0.25, -0.2) is 0 Å². The number of likely N-dealkylation sites (tertiary alicyclic amines) is 1. The van der Waals surface area contributed by atoms with E-state index in [0.717, 1.165) is 22.7 Å². The van der Waals surface area contributed by atoms with Crippen molar-refractivity contribution >= 4 is 40.1 Å². The van der Waals surface area contributed by atoms with Crippen LogP contribution in [-0.2, 0) is 11.3 Å². The molecule has 2 atom stereocenters. The predicted molar refractivity (Wildman–Crippen MR) is 116 cm³/mol. The standard InChI is InChI=1S/C20H29N3O2S2/c1-14-6-5-7-15(2)23(14)20(26)27-13-18(24)22(4)12-16-8-10-17(11-9-16)19(25)21-3/h8-11,14-15H,5-7,12-13H2,1-4H3,(H,21,25)/t14-,15-/m1/s1. The van der Waals surface area contributed by atoms with E-state index in [1.54, 1.807) is 31.1 Å². The maximum atomic E-state index is 12.5. The van der Waals surface area contributed by atoms with Gasteiger partial charge < -0.3 is 15.1 Å². The highest BCUT2D eigenvalue weighted by Crippen LogP contribution is 2.26. The second kappa shape index (κ2) is 10.1. The normalized spacial score (nSPS) is 19.5. The summed E-state index contributed by atoms with van der Waals surface area (Å²) in [7, 11) is 3.40. The van der Waals surface area contributed by atoms with Gasteiger partial charge in [-0.1, -0.05) is 36.1 Å². The Balaban J connectivity index is 1.84. The zero-order chi connectivity index (χ0) is 20.0. The van der Waals surface area contributed by atoms with Crippen LogP contribution in [0.5, 0.6) is 0 Å². The molecule has 2 rings (SSSR count). The number of piperidine rings is 1. The van der Waals surface area contributed by atoms with Gasteiger partial charge in [0.25, 0.3) is 5.91 Å². The van der Waals surface area contributed by atoms with Crippen LogP contribution in [0.15, 0.2) is 24.3 Å². The van der Waals surface area contributed by atoms with Crippen LogP contribution in [0.3, 0.4) is 0 Å². The van der Waals surface area contributed by atoms with E-state index < -0.39 is 0 Å². The molecule has 1 aliphatic heterocycles. The minimum atomic E-state index is -0.114. The first-order valence-corrected chi connectivity index (χ1v) is 10.7. The van der Waals surface area contributed by atoms with Crippen molar-refractivity contribution in [1.82, 2.24) is 15.1 Å². The number of rotatable bonds is 5. The Morgan fingerprint density at radius 2 is 1.81 bits per heavy atom. The molecular weight excluding hydrogens is 378 g/mol. The van der Waals surface area contributed by atoms with E-state index in [4.69, 9.17) is 12.2 Å². The molecule has 1 saturated heterocycles. The number of nitrogens with one attached hydrogen (secondary N) is 1. The van der Waals surface area contributed by atoms with Gasteiger partial charge in [0.2, 0.25) is 5.91 Å². The third-order valence-electron chi connectivity index (χ3n) is 5.01. The summed E-state index contributed by atoms with van der Waals surface area (Å²) in [6, 6.07) is 8.19. The molecule has 1 heterocycles. The number of amides is 2. The highest BCUT2D eigenvalue weighted by Gasteiger charge is 2.27. The zero-order valence-electron chi connectivity index (χ0n) is 16.5. The number of carbonyl (C=O) groups is 2. The van der Waals surface area contributed by atoms with Crippen molar-refractivity contribution in [2.24, 2.45) is 0 Å². The minimum absolute atomic E-state index is 0.0510. The Morgan fingerprint density at radius 1 is 1.22 bits per heavy atom. The van der Waals surface area contributed by atoms with Gasteiger partial charge in [-0.3, -0.25) is 9.59 Å². The van der Waals surface area contributed by atoms with Gasteiger partial charge in [0.15, 0.2) is 0 Å². The van der Waals surface area contributed by atoms with E-state index in [0.29, 0.717) is 29.9 Å². The fraction of sp³-hybridized carbons (Fsp3) is 0.550. The predicted octanol–water partition coefficient (Wildman–Crippen LogP) is 3.29. The van der Waals surface area contributed by atoms with Crippen molar-refractivity contribution in [3.05, 3.63) is 35.4 Å². The Bertz CT molecular complexity index is 668. The molecule has 2 amide bonds. The molecule has 0 bridgehead atoms. The van der Waals surface area contributed by atoms with E-state index in [1.165, 1.54) is 18.2 Å². The van der Waals surface area contributed by atoms with Crippen LogP contribution < -0.4 is 5.32 Å². The summed E-state index contributed by atoms with van der Waals surface area (Å²) >= 11 is 7.05. The van der Waals surface area contributed by atoms with E-state index >= 15 is 0 Å². The second-order valence-corrected chi connectivity index (χ2v) is 8.73. The van der Waals surface area contributed by atoms with E-state index in [9.17, 15) is 9.59 Å². The van der Waals surface area contributed by atoms with Crippen molar-refractivity contribution < 1.29 is 9.59 Å². The summed E-state index contributed by atoms with van der Waals surface area (Å²) in [5, 5.41) is 2.60. The third kappa shape index (κ3) is 5.94. The van der Waals surface area contributed by atoms with Crippen molar-refractivity contribution in [1.29, 1.82) is 0 Å². The molecule has 0 unspecified atom stereocenters. The summed E-state index contributed by atoms with van der Waals surface area (Å²) in [6.07, 6.45) is 3.56. The molecule has 1 N–H and O–H groups in total. The number of thiocarbonyl (C=S) groups is 1. The summed E-state index contributed by atoms with van der Waals surface area (Å²) in [5.74, 6) is 0.286. The average Bonchev–Trinajstić information content (AvgIpc) is 2.65. The van der Waals surface area contributed by atoms with Gasteiger partial charge in [-0.2, -0.15) is 0 Å². The molecule has 148 valence electrons. The lowest BCUT2D eigenvalue weighted by molar-refractivity contribution is -0.127. The smallest absolute Gasteiger partial charge is 0.251 e. The fourth-order valence-corrected chi connectivity index (χ4v) is 4.87. The van der Waals surface area contributed by atoms with E-state index in [1.807, 2.05) is 12.1 Å². The Kier molecular flexibility index (Phi) is 8.10. The number of carbonyl (C=O) groups excluding carboxylic acids is 2. The van der Waals surface area contributed by atoms with Crippen molar-refractivity contribution in [3.63, 3.8) is 0 Å². The van der Waals surface area contributed by atoms with Gasteiger partial charge in [0, 0.05) is 38.3 Å². The SMILES string of the molecule is CNC(=O)c1ccc(CN(C)C(=O)CSC(=S)N2[C@H](C)CCC[C@H]2C)cc1. The van der Waals surface area contributed by atoms with Gasteiger partial charge in [0.05, 0.1) is 5.75 Å². The van der Waals surface area contributed by atoms with Crippen LogP contribution >= 0.6 is 24.0 Å². The maximum Gasteiger partial charge on any atom is 0.251 e. The molecule has 0 spiro atoms. The topological polar surface area (TPSA) is 52.7 Å². The lowest BCUT2D eigenvalue weighted by Gasteiger charge is -2.40. The molecule has 0 saturated carbocycles. The molecule has 1 aromatic carbocycles. The number of nitrogens with zero attached hydrogens (tertiary/aromatic N) is 2. The van der Waals surface area contributed by atoms with Gasteiger partial charge in [-0.15, -0.1) is 0 Å². The molecule has 1 aliphatic rings. The maximum absolute atomic E-state index is 12.5. The van der Waals surface area contributed by atoms with Gasteiger partial charge >= 0.3 is 0 Å². The molecule has 0 radical (unpaired) electrons. The first-order valence-electron chi connectivity index (χ1n) is 9.33. The molecule has 0 aliphatic carbocycles. The largest absolute Gasteiger partial charge is 0.355 e. The van der Waals surface area contributed by atoms with Crippen LogP contribution in [0.25, 0.3) is 0 Å². The summed E-state index contributed by atoms with van der Waals surface area (Å²) in [5.41, 5.74) is 1.60. The van der Waals surface area contributed by atoms with Crippen LogP contribution in [-0.4, -0.2) is 57.9 Å². The van der Waals surface area contributed by atoms with Crippen LogP contribution in [0.2, 0.25) is 0 Å². The summed E-state index contributed by atoms with van der Waals surface area (Å²) in [6.45, 7) is 4.93. The molecule has 1 aromatic rings. The average molecular weight is 408 g/mol. The monoisotopic (exact) mass is 407 g/mol. The highest BCUT2D eigenvalue weighted by molar-refractivity contribution is 8.23. The third-order valence-corrected chi connectivity index (χ3v) is 6.43. The van der Waals surface area contributed by atoms with Gasteiger partial charge in [0.1, 0.15) is 4.32 Å². The van der Waals surface area contributed by atoms with E-state index in [-0.39, 0.29) is 11.8 Å². The van der Waals surface area contributed by atoms with Crippen molar-refractivity contribution in [2.75, 3.05) is 19.8 Å². The number of hydrogen-bond donors (Lipinski definition) is 1. The summed E-state index contributed by atoms with van der Waals surface area (Å²) in [4.78, 5) is 28.1. The Labute approximate surface area is 171 Å². The molecule has 7 heteroatoms. The summed E-state index contributed by atoms with van der Waals surface area (Å²) < 4.78 is 0.825. The molecular formula is C20H29N3O2S2. The van der Waals surface area contributed by atoms with Crippen LogP contribution in [0, 0.1) is 0 Å². The van der Waals surface area contributed by atoms with E-state index in [2.05, 4.69) is 24.1 Å². The Morgan fingerprint density at radius 3 is 2.37 bits per heavy atom. The quantitative estimate of drug-likeness (QED) is 0.759. The number of hydrogen-bond acceptors (Lipinski definition) is 4. The first kappa shape index (κ1) is 21.7. The Hall–Kier alpha value is -1.60. The van der Waals surface area contributed by atoms with Crippen molar-refractivity contribution in [3.8, 4) is 0 Å². The molecule has 5 nitrogen and oxygen atoms in total. The number of benzene rings is 1. The highest BCUT2D eigenvalue weighted by atomic mass is 32.2. The van der Waals surface area contributed by atoms with Crippen molar-refractivity contribution in [2.45, 2.75) is 51.7 Å². The van der Waals surface area contributed by atoms with Crippen LogP contribution in [0.1, 0.15) is 49.0 Å². The van der Waals surface area contributed by atoms with Gasteiger partial charge in [-0.05, 0) is 50.8 Å². The minimum Gasteiger partial charge on any atom is -0.355 e. The molecule has 0 aromatic heterocycles. The molecule has 27 heavy (non-hydrogen) atoms. The fourth-order valence-electron chi connectivity index (χ4n) is 3.36. The lowest BCUT2D eigenvalue weighted by atomic mass is 9.99. The number of thioether (sulfide) groups is 1.